The number of halogens is 1. The molecule has 4 nitrogen and oxygen atoms in total. The van der Waals surface area contributed by atoms with Gasteiger partial charge >= 0.3 is 0 Å². The summed E-state index contributed by atoms with van der Waals surface area (Å²) in [6.45, 7) is 1.51. The molecule has 3 rings (SSSR count). The molecule has 1 fully saturated rings. The van der Waals surface area contributed by atoms with Crippen molar-refractivity contribution >= 4 is 17.2 Å². The Kier molecular flexibility index (Phi) is 4.49. The summed E-state index contributed by atoms with van der Waals surface area (Å²) in [6.07, 6.45) is 1.66. The highest BCUT2D eigenvalue weighted by molar-refractivity contribution is 7.13. The number of carbonyl (C=O) groups excluding carboxylic acids is 1. The van der Waals surface area contributed by atoms with E-state index in [1.54, 1.807) is 22.4 Å². The van der Waals surface area contributed by atoms with Crippen molar-refractivity contribution in [2.45, 2.75) is 12.8 Å². The number of aliphatic hydroxyl groups is 1. The van der Waals surface area contributed by atoms with E-state index < -0.39 is 0 Å². The van der Waals surface area contributed by atoms with Crippen molar-refractivity contribution in [3.63, 3.8) is 0 Å². The van der Waals surface area contributed by atoms with Crippen LogP contribution in [0.15, 0.2) is 29.6 Å². The summed E-state index contributed by atoms with van der Waals surface area (Å²) in [4.78, 5) is 18.6. The fourth-order valence-corrected chi connectivity index (χ4v) is 3.38. The molecule has 0 spiro atoms. The van der Waals surface area contributed by atoms with Gasteiger partial charge in [0.05, 0.1) is 0 Å². The smallest absolute Gasteiger partial charge is 0.273 e. The Hall–Kier alpha value is -1.79. The molecule has 1 saturated heterocycles. The van der Waals surface area contributed by atoms with E-state index in [4.69, 9.17) is 5.11 Å². The first-order valence-electron chi connectivity index (χ1n) is 7.29. The third-order valence-corrected chi connectivity index (χ3v) is 4.87. The van der Waals surface area contributed by atoms with E-state index in [1.165, 1.54) is 23.5 Å². The quantitative estimate of drug-likeness (QED) is 0.946. The van der Waals surface area contributed by atoms with Gasteiger partial charge < -0.3 is 10.0 Å². The van der Waals surface area contributed by atoms with Crippen LogP contribution in [0, 0.1) is 11.7 Å². The molecule has 22 heavy (non-hydrogen) atoms. The minimum absolute atomic E-state index is 0.0685. The molecule has 0 radical (unpaired) electrons. The fraction of sp³-hybridized carbons (Fsp3) is 0.375. The van der Waals surface area contributed by atoms with Crippen molar-refractivity contribution in [3.8, 4) is 10.6 Å². The minimum atomic E-state index is -0.289. The van der Waals surface area contributed by atoms with Crippen molar-refractivity contribution in [2.24, 2.45) is 5.92 Å². The Labute approximate surface area is 132 Å². The van der Waals surface area contributed by atoms with Crippen LogP contribution in [0.2, 0.25) is 0 Å². The van der Waals surface area contributed by atoms with Gasteiger partial charge in [-0.25, -0.2) is 9.37 Å². The van der Waals surface area contributed by atoms with E-state index in [0.717, 1.165) is 18.4 Å². The molecule has 1 N–H and O–H groups in total. The molecule has 2 heterocycles. The number of benzene rings is 1. The lowest BCUT2D eigenvalue weighted by molar-refractivity contribution is 0.0646. The summed E-state index contributed by atoms with van der Waals surface area (Å²) >= 11 is 1.38. The highest BCUT2D eigenvalue weighted by Crippen LogP contribution is 2.25. The van der Waals surface area contributed by atoms with Gasteiger partial charge in [0.15, 0.2) is 0 Å². The summed E-state index contributed by atoms with van der Waals surface area (Å²) in [5, 5.41) is 11.6. The van der Waals surface area contributed by atoms with Crippen LogP contribution in [-0.4, -0.2) is 40.6 Å². The van der Waals surface area contributed by atoms with E-state index in [9.17, 15) is 9.18 Å². The summed E-state index contributed by atoms with van der Waals surface area (Å²) in [5.74, 6) is -0.0568. The molecule has 1 aromatic carbocycles. The second kappa shape index (κ2) is 6.54. The van der Waals surface area contributed by atoms with Crippen LogP contribution in [0.1, 0.15) is 23.3 Å². The van der Waals surface area contributed by atoms with Gasteiger partial charge in [0.2, 0.25) is 0 Å². The van der Waals surface area contributed by atoms with E-state index in [-0.39, 0.29) is 18.3 Å². The van der Waals surface area contributed by atoms with Gasteiger partial charge in [0.25, 0.3) is 5.91 Å². The zero-order valence-electron chi connectivity index (χ0n) is 12.0. The van der Waals surface area contributed by atoms with Crippen molar-refractivity contribution in [1.29, 1.82) is 0 Å². The first-order valence-corrected chi connectivity index (χ1v) is 8.17. The van der Waals surface area contributed by atoms with E-state index in [0.29, 0.717) is 29.7 Å². The van der Waals surface area contributed by atoms with Gasteiger partial charge in [0, 0.05) is 30.6 Å². The number of hydrogen-bond acceptors (Lipinski definition) is 4. The number of carbonyl (C=O) groups is 1. The Morgan fingerprint density at radius 3 is 2.64 bits per heavy atom. The number of piperidine rings is 1. The molecular weight excluding hydrogens is 303 g/mol. The molecule has 6 heteroatoms. The molecule has 1 aliphatic heterocycles. The molecule has 0 bridgehead atoms. The first-order chi connectivity index (χ1) is 10.7. The predicted octanol–water partition coefficient (Wildman–Crippen LogP) is 2.79. The molecule has 0 unspecified atom stereocenters. The molecular formula is C16H17FN2O2S. The fourth-order valence-electron chi connectivity index (χ4n) is 2.58. The van der Waals surface area contributed by atoms with E-state index in [1.807, 2.05) is 0 Å². The molecule has 1 amide bonds. The molecule has 1 aliphatic rings. The van der Waals surface area contributed by atoms with Gasteiger partial charge in [-0.2, -0.15) is 0 Å². The number of rotatable bonds is 3. The molecule has 2 aromatic rings. The van der Waals surface area contributed by atoms with Gasteiger partial charge in [0.1, 0.15) is 16.5 Å². The SMILES string of the molecule is O=C(c1csc(-c2ccc(F)cc2)n1)N1CCC(CO)CC1. The van der Waals surface area contributed by atoms with Crippen LogP contribution in [0.5, 0.6) is 0 Å². The largest absolute Gasteiger partial charge is 0.396 e. The average Bonchev–Trinajstić information content (AvgIpc) is 3.05. The predicted molar refractivity (Wildman–Crippen MR) is 83.2 cm³/mol. The number of aliphatic hydroxyl groups excluding tert-OH is 1. The van der Waals surface area contributed by atoms with Crippen LogP contribution >= 0.6 is 11.3 Å². The highest BCUT2D eigenvalue weighted by Gasteiger charge is 2.24. The van der Waals surface area contributed by atoms with Gasteiger partial charge in [-0.3, -0.25) is 4.79 Å². The normalized spacial score (nSPS) is 16.0. The molecule has 0 saturated carbocycles. The molecule has 116 valence electrons. The third-order valence-electron chi connectivity index (χ3n) is 3.97. The number of aromatic nitrogens is 1. The number of amides is 1. The summed E-state index contributed by atoms with van der Waals surface area (Å²) < 4.78 is 12.9. The molecule has 0 atom stereocenters. The maximum Gasteiger partial charge on any atom is 0.273 e. The van der Waals surface area contributed by atoms with E-state index >= 15 is 0 Å². The Morgan fingerprint density at radius 2 is 2.00 bits per heavy atom. The van der Waals surface area contributed by atoms with Crippen molar-refractivity contribution in [1.82, 2.24) is 9.88 Å². The summed E-state index contributed by atoms with van der Waals surface area (Å²) in [5.41, 5.74) is 1.25. The maximum absolute atomic E-state index is 12.9. The number of thiazole rings is 1. The Bertz CT molecular complexity index is 648. The topological polar surface area (TPSA) is 53.4 Å². The summed E-state index contributed by atoms with van der Waals surface area (Å²) in [7, 11) is 0. The number of hydrogen-bond donors (Lipinski definition) is 1. The molecule has 0 aliphatic carbocycles. The van der Waals surface area contributed by atoms with Crippen LogP contribution in [0.25, 0.3) is 10.6 Å². The van der Waals surface area contributed by atoms with Gasteiger partial charge in [-0.05, 0) is 43.0 Å². The lowest BCUT2D eigenvalue weighted by atomic mass is 9.98. The molecule has 1 aromatic heterocycles. The Morgan fingerprint density at radius 1 is 1.32 bits per heavy atom. The number of nitrogens with zero attached hydrogens (tertiary/aromatic N) is 2. The second-order valence-corrected chi connectivity index (χ2v) is 6.32. The monoisotopic (exact) mass is 320 g/mol. The van der Waals surface area contributed by atoms with Crippen LogP contribution in [0.3, 0.4) is 0 Å². The zero-order valence-corrected chi connectivity index (χ0v) is 12.9. The van der Waals surface area contributed by atoms with Crippen molar-refractivity contribution < 1.29 is 14.3 Å². The standard InChI is InChI=1S/C16H17FN2O2S/c17-13-3-1-12(2-4-13)15-18-14(10-22-15)16(21)19-7-5-11(9-20)6-8-19/h1-4,10-11,20H,5-9H2. The van der Waals surface area contributed by atoms with Crippen molar-refractivity contribution in [2.75, 3.05) is 19.7 Å². The van der Waals surface area contributed by atoms with Crippen LogP contribution in [-0.2, 0) is 0 Å². The van der Waals surface area contributed by atoms with Crippen LogP contribution < -0.4 is 0 Å². The highest BCUT2D eigenvalue weighted by atomic mass is 32.1. The first kappa shape index (κ1) is 15.1. The van der Waals surface area contributed by atoms with Crippen LogP contribution in [0.4, 0.5) is 4.39 Å². The Balaban J connectivity index is 1.71. The van der Waals surface area contributed by atoms with E-state index in [2.05, 4.69) is 4.98 Å². The second-order valence-electron chi connectivity index (χ2n) is 5.46. The van der Waals surface area contributed by atoms with Gasteiger partial charge in [-0.15, -0.1) is 11.3 Å². The number of likely N-dealkylation sites (tertiary alicyclic amines) is 1. The lowest BCUT2D eigenvalue weighted by Gasteiger charge is -2.30. The minimum Gasteiger partial charge on any atom is -0.396 e. The lowest BCUT2D eigenvalue weighted by Crippen LogP contribution is -2.39. The van der Waals surface area contributed by atoms with Gasteiger partial charge in [-0.1, -0.05) is 0 Å². The van der Waals surface area contributed by atoms with Crippen molar-refractivity contribution in [3.05, 3.63) is 41.2 Å². The average molecular weight is 320 g/mol. The maximum atomic E-state index is 12.9. The third kappa shape index (κ3) is 3.18. The summed E-state index contributed by atoms with van der Waals surface area (Å²) in [6, 6.07) is 6.10. The zero-order chi connectivity index (χ0) is 15.5.